The van der Waals surface area contributed by atoms with Crippen molar-refractivity contribution < 1.29 is 9.53 Å². The minimum Gasteiger partial charge on any atom is -0.382 e. The molecular weight excluding hydrogens is 276 g/mol. The Labute approximate surface area is 124 Å². The summed E-state index contributed by atoms with van der Waals surface area (Å²) in [5, 5.41) is 6.72. The maximum absolute atomic E-state index is 11.0. The van der Waals surface area contributed by atoms with Crippen molar-refractivity contribution in [3.05, 3.63) is 23.2 Å². The summed E-state index contributed by atoms with van der Waals surface area (Å²) in [7, 11) is 0. The topological polar surface area (TPSA) is 50.4 Å². The largest absolute Gasteiger partial charge is 0.382 e. The average Bonchev–Trinajstić information content (AvgIpc) is 2.31. The van der Waals surface area contributed by atoms with Crippen LogP contribution in [0, 0.1) is 0 Å². The third kappa shape index (κ3) is 4.12. The number of nitrogens with one attached hydrogen (secondary N) is 2. The first-order chi connectivity index (χ1) is 9.35. The molecule has 0 radical (unpaired) electrons. The maximum Gasteiger partial charge on any atom is 0.221 e. The molecule has 4 nitrogen and oxygen atoms in total. The van der Waals surface area contributed by atoms with Gasteiger partial charge in [0.25, 0.3) is 0 Å². The predicted molar refractivity (Wildman–Crippen MR) is 82.4 cm³/mol. The van der Waals surface area contributed by atoms with Gasteiger partial charge in [0.15, 0.2) is 0 Å². The highest BCUT2D eigenvalue weighted by Gasteiger charge is 2.28. The second kappa shape index (κ2) is 6.02. The van der Waals surface area contributed by atoms with E-state index in [2.05, 4.69) is 24.5 Å². The molecule has 1 saturated heterocycles. The fraction of sp³-hybridized carbons (Fsp3) is 0.533. The summed E-state index contributed by atoms with van der Waals surface area (Å²) in [6.45, 7) is 6.44. The van der Waals surface area contributed by atoms with Gasteiger partial charge < -0.3 is 15.4 Å². The molecule has 2 rings (SSSR count). The standard InChI is InChI=1S/C15H21ClN2O2/c1-10(19)17-14-5-4-11(8-13(14)16)18-12-6-7-20-15(2,3)9-12/h4-5,8,12,18H,6-7,9H2,1-3H3,(H,17,19). The molecular formula is C15H21ClN2O2. The molecule has 0 spiro atoms. The molecule has 0 saturated carbocycles. The van der Waals surface area contributed by atoms with Crippen molar-refractivity contribution in [1.29, 1.82) is 0 Å². The SMILES string of the molecule is CC(=O)Nc1ccc(NC2CCOC(C)(C)C2)cc1Cl. The Morgan fingerprint density at radius 3 is 2.80 bits per heavy atom. The van der Waals surface area contributed by atoms with Gasteiger partial charge in [-0.3, -0.25) is 4.79 Å². The van der Waals surface area contributed by atoms with E-state index in [1.807, 2.05) is 18.2 Å². The first-order valence-electron chi connectivity index (χ1n) is 6.83. The summed E-state index contributed by atoms with van der Waals surface area (Å²) in [5.41, 5.74) is 1.51. The molecule has 0 bridgehead atoms. The van der Waals surface area contributed by atoms with E-state index in [1.54, 1.807) is 0 Å². The van der Waals surface area contributed by atoms with E-state index in [4.69, 9.17) is 16.3 Å². The van der Waals surface area contributed by atoms with Crippen LogP contribution in [0.25, 0.3) is 0 Å². The Kier molecular flexibility index (Phi) is 4.55. The number of hydrogen-bond acceptors (Lipinski definition) is 3. The van der Waals surface area contributed by atoms with Gasteiger partial charge in [-0.05, 0) is 44.9 Å². The van der Waals surface area contributed by atoms with Crippen molar-refractivity contribution >= 4 is 28.9 Å². The van der Waals surface area contributed by atoms with Gasteiger partial charge in [-0.1, -0.05) is 11.6 Å². The number of anilines is 2. The van der Waals surface area contributed by atoms with Gasteiger partial charge >= 0.3 is 0 Å². The maximum atomic E-state index is 11.0. The molecule has 20 heavy (non-hydrogen) atoms. The Morgan fingerprint density at radius 1 is 1.45 bits per heavy atom. The lowest BCUT2D eigenvalue weighted by molar-refractivity contribution is -0.114. The van der Waals surface area contributed by atoms with Gasteiger partial charge in [-0.25, -0.2) is 0 Å². The zero-order valence-corrected chi connectivity index (χ0v) is 12.9. The number of hydrogen-bond donors (Lipinski definition) is 2. The third-order valence-electron chi connectivity index (χ3n) is 3.35. The smallest absolute Gasteiger partial charge is 0.221 e. The fourth-order valence-corrected chi connectivity index (χ4v) is 2.71. The predicted octanol–water partition coefficient (Wildman–Crippen LogP) is 3.67. The van der Waals surface area contributed by atoms with Gasteiger partial charge in [0.2, 0.25) is 5.91 Å². The molecule has 1 aromatic rings. The number of carbonyl (C=O) groups excluding carboxylic acids is 1. The molecule has 5 heteroatoms. The Morgan fingerprint density at radius 2 is 2.20 bits per heavy atom. The molecule has 0 aromatic heterocycles. The number of amides is 1. The summed E-state index contributed by atoms with van der Waals surface area (Å²) in [6, 6.07) is 5.97. The molecule has 0 aliphatic carbocycles. The van der Waals surface area contributed by atoms with Crippen molar-refractivity contribution in [3.8, 4) is 0 Å². The summed E-state index contributed by atoms with van der Waals surface area (Å²) in [6.07, 6.45) is 1.94. The van der Waals surface area contributed by atoms with E-state index < -0.39 is 0 Å². The van der Waals surface area contributed by atoms with Crippen molar-refractivity contribution in [3.63, 3.8) is 0 Å². The second-order valence-corrected chi connectivity index (χ2v) is 6.23. The number of ether oxygens (including phenoxy) is 1. The highest BCUT2D eigenvalue weighted by atomic mass is 35.5. The summed E-state index contributed by atoms with van der Waals surface area (Å²) < 4.78 is 5.71. The average molecular weight is 297 g/mol. The van der Waals surface area contributed by atoms with Crippen LogP contribution >= 0.6 is 11.6 Å². The third-order valence-corrected chi connectivity index (χ3v) is 3.66. The quantitative estimate of drug-likeness (QED) is 0.895. The molecule has 1 amide bonds. The minimum absolute atomic E-state index is 0.0875. The van der Waals surface area contributed by atoms with E-state index in [0.717, 1.165) is 25.1 Å². The normalized spacial score (nSPS) is 21.3. The first kappa shape index (κ1) is 15.1. The van der Waals surface area contributed by atoms with Gasteiger partial charge in [0, 0.05) is 25.3 Å². The summed E-state index contributed by atoms with van der Waals surface area (Å²) in [5.74, 6) is -0.126. The van der Waals surface area contributed by atoms with Gasteiger partial charge in [-0.2, -0.15) is 0 Å². The van der Waals surface area contributed by atoms with Gasteiger partial charge in [-0.15, -0.1) is 0 Å². The molecule has 1 aromatic carbocycles. The first-order valence-corrected chi connectivity index (χ1v) is 7.21. The highest BCUT2D eigenvalue weighted by molar-refractivity contribution is 6.34. The van der Waals surface area contributed by atoms with Gasteiger partial charge in [0.05, 0.1) is 16.3 Å². The lowest BCUT2D eigenvalue weighted by Crippen LogP contribution is -2.40. The summed E-state index contributed by atoms with van der Waals surface area (Å²) in [4.78, 5) is 11.0. The van der Waals surface area contributed by atoms with E-state index in [0.29, 0.717) is 16.8 Å². The molecule has 1 atom stereocenters. The zero-order chi connectivity index (χ0) is 14.8. The monoisotopic (exact) mass is 296 g/mol. The van der Waals surface area contributed by atoms with Crippen LogP contribution in [0.4, 0.5) is 11.4 Å². The van der Waals surface area contributed by atoms with Crippen molar-refractivity contribution in [2.24, 2.45) is 0 Å². The van der Waals surface area contributed by atoms with Crippen molar-refractivity contribution in [2.45, 2.75) is 45.3 Å². The van der Waals surface area contributed by atoms with E-state index >= 15 is 0 Å². The highest BCUT2D eigenvalue weighted by Crippen LogP contribution is 2.29. The van der Waals surface area contributed by atoms with Crippen LogP contribution in [0.15, 0.2) is 18.2 Å². The number of halogens is 1. The number of rotatable bonds is 3. The molecule has 110 valence electrons. The number of benzene rings is 1. The Balaban J connectivity index is 2.03. The van der Waals surface area contributed by atoms with Crippen LogP contribution in [0.2, 0.25) is 5.02 Å². The molecule has 1 unspecified atom stereocenters. The zero-order valence-electron chi connectivity index (χ0n) is 12.1. The van der Waals surface area contributed by atoms with Crippen LogP contribution in [0.5, 0.6) is 0 Å². The molecule has 1 fully saturated rings. The van der Waals surface area contributed by atoms with E-state index in [9.17, 15) is 4.79 Å². The van der Waals surface area contributed by atoms with Crippen LogP contribution in [0.3, 0.4) is 0 Å². The van der Waals surface area contributed by atoms with Gasteiger partial charge in [0.1, 0.15) is 0 Å². The van der Waals surface area contributed by atoms with Crippen molar-refractivity contribution in [1.82, 2.24) is 0 Å². The van der Waals surface area contributed by atoms with Crippen molar-refractivity contribution in [2.75, 3.05) is 17.2 Å². The Hall–Kier alpha value is -1.26. The minimum atomic E-state index is -0.126. The van der Waals surface area contributed by atoms with Crippen LogP contribution in [-0.2, 0) is 9.53 Å². The lowest BCUT2D eigenvalue weighted by Gasteiger charge is -2.36. The molecule has 1 aliphatic heterocycles. The summed E-state index contributed by atoms with van der Waals surface area (Å²) >= 11 is 6.17. The molecule has 1 aliphatic rings. The Bertz CT molecular complexity index is 503. The van der Waals surface area contributed by atoms with Crippen LogP contribution in [-0.4, -0.2) is 24.2 Å². The molecule has 1 heterocycles. The van der Waals surface area contributed by atoms with Crippen LogP contribution < -0.4 is 10.6 Å². The van der Waals surface area contributed by atoms with E-state index in [-0.39, 0.29) is 11.5 Å². The molecule has 2 N–H and O–H groups in total. The van der Waals surface area contributed by atoms with Crippen LogP contribution in [0.1, 0.15) is 33.6 Å². The van der Waals surface area contributed by atoms with E-state index in [1.165, 1.54) is 6.92 Å². The second-order valence-electron chi connectivity index (χ2n) is 5.82. The number of carbonyl (C=O) groups is 1. The fourth-order valence-electron chi connectivity index (χ4n) is 2.49. The lowest BCUT2D eigenvalue weighted by atomic mass is 9.94.